The standard InChI is InChI=1S/C17H32N2/c1-13-5-8-16(11-14(13)2)19-10-4-9-18-17(3,12-19)15-6-7-15/h13-16,18H,4-12H2,1-3H3. The molecule has 4 atom stereocenters. The molecule has 110 valence electrons. The van der Waals surface area contributed by atoms with Crippen molar-refractivity contribution in [1.29, 1.82) is 0 Å². The highest BCUT2D eigenvalue weighted by atomic mass is 15.2. The zero-order valence-electron chi connectivity index (χ0n) is 13.1. The maximum absolute atomic E-state index is 3.87. The molecule has 0 bridgehead atoms. The van der Waals surface area contributed by atoms with Gasteiger partial charge in [-0.1, -0.05) is 13.8 Å². The molecule has 1 saturated heterocycles. The highest BCUT2D eigenvalue weighted by Gasteiger charge is 2.44. The van der Waals surface area contributed by atoms with Crippen molar-refractivity contribution in [3.63, 3.8) is 0 Å². The second-order valence-electron chi connectivity index (χ2n) is 7.86. The third-order valence-corrected chi connectivity index (χ3v) is 6.25. The van der Waals surface area contributed by atoms with Gasteiger partial charge in [0.2, 0.25) is 0 Å². The molecule has 3 aliphatic rings. The summed E-state index contributed by atoms with van der Waals surface area (Å²) in [6.07, 6.45) is 8.55. The Balaban J connectivity index is 1.65. The van der Waals surface area contributed by atoms with E-state index in [4.69, 9.17) is 0 Å². The van der Waals surface area contributed by atoms with Gasteiger partial charge in [0.05, 0.1) is 0 Å². The van der Waals surface area contributed by atoms with Crippen LogP contribution in [0.5, 0.6) is 0 Å². The predicted molar refractivity (Wildman–Crippen MR) is 81.3 cm³/mol. The summed E-state index contributed by atoms with van der Waals surface area (Å²) in [7, 11) is 0. The molecule has 1 aliphatic heterocycles. The van der Waals surface area contributed by atoms with Crippen molar-refractivity contribution in [2.24, 2.45) is 17.8 Å². The summed E-state index contributed by atoms with van der Waals surface area (Å²) < 4.78 is 0. The Morgan fingerprint density at radius 1 is 1.05 bits per heavy atom. The minimum Gasteiger partial charge on any atom is -0.310 e. The van der Waals surface area contributed by atoms with Crippen molar-refractivity contribution in [2.75, 3.05) is 19.6 Å². The molecule has 2 aliphatic carbocycles. The second kappa shape index (κ2) is 5.37. The van der Waals surface area contributed by atoms with Crippen LogP contribution in [0.3, 0.4) is 0 Å². The summed E-state index contributed by atoms with van der Waals surface area (Å²) in [4.78, 5) is 2.85. The predicted octanol–water partition coefficient (Wildman–Crippen LogP) is 3.28. The van der Waals surface area contributed by atoms with Crippen molar-refractivity contribution in [2.45, 2.75) is 70.9 Å². The molecule has 0 aromatic rings. The first-order valence-electron chi connectivity index (χ1n) is 8.57. The Morgan fingerprint density at radius 2 is 1.84 bits per heavy atom. The van der Waals surface area contributed by atoms with Gasteiger partial charge in [0.15, 0.2) is 0 Å². The van der Waals surface area contributed by atoms with E-state index in [1.807, 2.05) is 0 Å². The zero-order chi connectivity index (χ0) is 13.5. The van der Waals surface area contributed by atoms with Gasteiger partial charge in [-0.3, -0.25) is 4.90 Å². The van der Waals surface area contributed by atoms with Crippen LogP contribution in [0.25, 0.3) is 0 Å². The van der Waals surface area contributed by atoms with E-state index in [1.54, 1.807) is 0 Å². The van der Waals surface area contributed by atoms with Gasteiger partial charge >= 0.3 is 0 Å². The van der Waals surface area contributed by atoms with E-state index in [0.717, 1.165) is 23.8 Å². The van der Waals surface area contributed by atoms with Gasteiger partial charge in [0.25, 0.3) is 0 Å². The summed E-state index contributed by atoms with van der Waals surface area (Å²) in [5.41, 5.74) is 0.406. The zero-order valence-corrected chi connectivity index (χ0v) is 13.1. The Bertz CT molecular complexity index is 312. The summed E-state index contributed by atoms with van der Waals surface area (Å²) in [5, 5.41) is 3.87. The molecule has 2 nitrogen and oxygen atoms in total. The number of hydrogen-bond acceptors (Lipinski definition) is 2. The Hall–Kier alpha value is -0.0800. The van der Waals surface area contributed by atoms with Crippen LogP contribution in [0, 0.1) is 17.8 Å². The number of nitrogens with zero attached hydrogens (tertiary/aromatic N) is 1. The third kappa shape index (κ3) is 3.00. The van der Waals surface area contributed by atoms with Crippen molar-refractivity contribution in [1.82, 2.24) is 10.2 Å². The molecule has 0 aromatic heterocycles. The van der Waals surface area contributed by atoms with Gasteiger partial charge in [-0.2, -0.15) is 0 Å². The van der Waals surface area contributed by atoms with Crippen LogP contribution in [0.4, 0.5) is 0 Å². The lowest BCUT2D eigenvalue weighted by Gasteiger charge is -2.42. The molecule has 0 radical (unpaired) electrons. The maximum Gasteiger partial charge on any atom is 0.0308 e. The van der Waals surface area contributed by atoms with Gasteiger partial charge in [-0.05, 0) is 76.3 Å². The Kier molecular flexibility index (Phi) is 3.92. The largest absolute Gasteiger partial charge is 0.310 e. The summed E-state index contributed by atoms with van der Waals surface area (Å²) in [6, 6.07) is 0.865. The average molecular weight is 264 g/mol. The molecule has 2 heteroatoms. The summed E-state index contributed by atoms with van der Waals surface area (Å²) in [5.74, 6) is 2.81. The number of rotatable bonds is 2. The van der Waals surface area contributed by atoms with E-state index >= 15 is 0 Å². The molecule has 1 heterocycles. The van der Waals surface area contributed by atoms with Gasteiger partial charge in [0, 0.05) is 18.1 Å². The fourth-order valence-electron chi connectivity index (χ4n) is 4.37. The normalized spacial score (nSPS) is 45.9. The molecular weight excluding hydrogens is 232 g/mol. The average Bonchev–Trinajstić information content (AvgIpc) is 3.19. The molecule has 0 spiro atoms. The molecule has 0 aromatic carbocycles. The highest BCUT2D eigenvalue weighted by Crippen LogP contribution is 2.42. The number of hydrogen-bond donors (Lipinski definition) is 1. The fraction of sp³-hybridized carbons (Fsp3) is 1.00. The van der Waals surface area contributed by atoms with E-state index in [9.17, 15) is 0 Å². The first-order chi connectivity index (χ1) is 9.08. The van der Waals surface area contributed by atoms with E-state index in [1.165, 1.54) is 58.2 Å². The molecule has 2 saturated carbocycles. The van der Waals surface area contributed by atoms with E-state index in [-0.39, 0.29) is 0 Å². The Labute approximate surface area is 119 Å². The first-order valence-corrected chi connectivity index (χ1v) is 8.57. The minimum atomic E-state index is 0.406. The van der Waals surface area contributed by atoms with Crippen LogP contribution in [0.15, 0.2) is 0 Å². The molecular formula is C17H32N2. The quantitative estimate of drug-likeness (QED) is 0.823. The van der Waals surface area contributed by atoms with Gasteiger partial charge in [-0.25, -0.2) is 0 Å². The fourth-order valence-corrected chi connectivity index (χ4v) is 4.37. The molecule has 19 heavy (non-hydrogen) atoms. The third-order valence-electron chi connectivity index (χ3n) is 6.25. The lowest BCUT2D eigenvalue weighted by molar-refractivity contribution is 0.0884. The lowest BCUT2D eigenvalue weighted by Crippen LogP contribution is -2.53. The van der Waals surface area contributed by atoms with Crippen LogP contribution >= 0.6 is 0 Å². The van der Waals surface area contributed by atoms with Crippen LogP contribution in [-0.2, 0) is 0 Å². The smallest absolute Gasteiger partial charge is 0.0308 e. The topological polar surface area (TPSA) is 15.3 Å². The summed E-state index contributed by atoms with van der Waals surface area (Å²) >= 11 is 0. The van der Waals surface area contributed by atoms with E-state index < -0.39 is 0 Å². The minimum absolute atomic E-state index is 0.406. The molecule has 3 rings (SSSR count). The van der Waals surface area contributed by atoms with Gasteiger partial charge in [0.1, 0.15) is 0 Å². The first kappa shape index (κ1) is 13.9. The van der Waals surface area contributed by atoms with E-state index in [0.29, 0.717) is 5.54 Å². The van der Waals surface area contributed by atoms with Crippen molar-refractivity contribution in [3.05, 3.63) is 0 Å². The van der Waals surface area contributed by atoms with Gasteiger partial charge < -0.3 is 5.32 Å². The molecule has 0 amide bonds. The van der Waals surface area contributed by atoms with Crippen LogP contribution in [-0.4, -0.2) is 36.1 Å². The van der Waals surface area contributed by atoms with Crippen LogP contribution in [0.1, 0.15) is 59.3 Å². The van der Waals surface area contributed by atoms with Crippen LogP contribution in [0.2, 0.25) is 0 Å². The van der Waals surface area contributed by atoms with E-state index in [2.05, 4.69) is 31.0 Å². The van der Waals surface area contributed by atoms with Crippen molar-refractivity contribution >= 4 is 0 Å². The molecule has 4 unspecified atom stereocenters. The SMILES string of the molecule is CC1CCC(N2CCCNC(C)(C3CC3)C2)CC1C. The van der Waals surface area contributed by atoms with Crippen molar-refractivity contribution in [3.8, 4) is 0 Å². The molecule has 3 fully saturated rings. The maximum atomic E-state index is 3.87. The molecule has 1 N–H and O–H groups in total. The van der Waals surface area contributed by atoms with Gasteiger partial charge in [-0.15, -0.1) is 0 Å². The van der Waals surface area contributed by atoms with Crippen LogP contribution < -0.4 is 5.32 Å². The highest BCUT2D eigenvalue weighted by molar-refractivity contribution is 5.02. The van der Waals surface area contributed by atoms with Crippen molar-refractivity contribution < 1.29 is 0 Å². The second-order valence-corrected chi connectivity index (χ2v) is 7.86. The summed E-state index contributed by atoms with van der Waals surface area (Å²) in [6.45, 7) is 11.2. The number of nitrogens with one attached hydrogen (secondary N) is 1. The monoisotopic (exact) mass is 264 g/mol. The lowest BCUT2D eigenvalue weighted by atomic mass is 9.78. The Morgan fingerprint density at radius 3 is 2.53 bits per heavy atom.